The maximum atomic E-state index is 12.1. The van der Waals surface area contributed by atoms with Gasteiger partial charge in [-0.3, -0.25) is 4.89 Å². The highest BCUT2D eigenvalue weighted by molar-refractivity contribution is 7.48. The van der Waals surface area contributed by atoms with Crippen LogP contribution in [-0.4, -0.2) is 10.00 Å². The number of phenols is 1. The molecule has 6 heteroatoms. The molecule has 0 aliphatic rings. The smallest absolute Gasteiger partial charge is 0.507 e. The van der Waals surface area contributed by atoms with Gasteiger partial charge in [0.05, 0.1) is 0 Å². The summed E-state index contributed by atoms with van der Waals surface area (Å²) in [6.07, 6.45) is 0. The van der Waals surface area contributed by atoms with E-state index < -0.39 is 7.82 Å². The Kier molecular flexibility index (Phi) is 4.79. The van der Waals surface area contributed by atoms with Gasteiger partial charge in [-0.05, 0) is 48.4 Å². The summed E-state index contributed by atoms with van der Waals surface area (Å²) < 4.78 is 22.2. The average molecular weight is 356 g/mol. The fourth-order valence-electron chi connectivity index (χ4n) is 2.48. The predicted octanol–water partition coefficient (Wildman–Crippen LogP) is 4.93. The summed E-state index contributed by atoms with van der Waals surface area (Å²) in [6.45, 7) is 1.90. The van der Waals surface area contributed by atoms with Crippen LogP contribution in [0.3, 0.4) is 0 Å². The molecule has 1 atom stereocenters. The number of phenolic OH excluding ortho intramolecular Hbond substituents is 1. The molecular weight excluding hydrogens is 339 g/mol. The van der Waals surface area contributed by atoms with E-state index in [0.29, 0.717) is 5.56 Å². The first kappa shape index (κ1) is 17.1. The van der Waals surface area contributed by atoms with Crippen molar-refractivity contribution in [2.24, 2.45) is 0 Å². The van der Waals surface area contributed by atoms with Crippen LogP contribution in [0.2, 0.25) is 0 Å². The summed E-state index contributed by atoms with van der Waals surface area (Å²) in [5, 5.41) is 10.0. The third kappa shape index (κ3) is 4.21. The molecule has 3 aromatic rings. The van der Waals surface area contributed by atoms with Crippen LogP contribution in [0.4, 0.5) is 0 Å². The Labute approximate surface area is 145 Å². The maximum Gasteiger partial charge on any atom is 0.584 e. The number of hydrogen-bond acceptors (Lipinski definition) is 4. The highest BCUT2D eigenvalue weighted by Crippen LogP contribution is 2.44. The van der Waals surface area contributed by atoms with Crippen molar-refractivity contribution in [2.75, 3.05) is 0 Å². The standard InChI is InChI=1S/C19H17O5P/c1-14-6-5-9-18(20)19(14)15-10-12-17(13-11-15)24-25(21,22)23-16-7-3-2-4-8-16/h2-13,20H,1H3,(H,21,22). The molecule has 2 N–H and O–H groups in total. The van der Waals surface area contributed by atoms with Crippen LogP contribution >= 0.6 is 7.82 Å². The maximum absolute atomic E-state index is 12.1. The molecule has 0 amide bonds. The zero-order valence-electron chi connectivity index (χ0n) is 13.5. The van der Waals surface area contributed by atoms with E-state index in [4.69, 9.17) is 9.05 Å². The molecule has 0 fully saturated rings. The number of aromatic hydroxyl groups is 1. The molecule has 3 aromatic carbocycles. The Morgan fingerprint density at radius 3 is 2.00 bits per heavy atom. The molecule has 25 heavy (non-hydrogen) atoms. The Balaban J connectivity index is 1.78. The van der Waals surface area contributed by atoms with Crippen LogP contribution in [0.15, 0.2) is 72.8 Å². The zero-order chi connectivity index (χ0) is 17.9. The van der Waals surface area contributed by atoms with Gasteiger partial charge in [0.25, 0.3) is 0 Å². The van der Waals surface area contributed by atoms with Gasteiger partial charge >= 0.3 is 7.82 Å². The summed E-state index contributed by atoms with van der Waals surface area (Å²) in [5.41, 5.74) is 2.41. The van der Waals surface area contributed by atoms with Crippen LogP contribution in [0.25, 0.3) is 11.1 Å². The summed E-state index contributed by atoms with van der Waals surface area (Å²) in [7, 11) is -4.29. The fraction of sp³-hybridized carbons (Fsp3) is 0.0526. The van der Waals surface area contributed by atoms with Crippen molar-refractivity contribution in [3.63, 3.8) is 0 Å². The summed E-state index contributed by atoms with van der Waals surface area (Å²) in [6, 6.07) is 20.1. The molecule has 0 spiro atoms. The predicted molar refractivity (Wildman–Crippen MR) is 95.8 cm³/mol. The van der Waals surface area contributed by atoms with E-state index >= 15 is 0 Å². The highest BCUT2D eigenvalue weighted by Gasteiger charge is 2.25. The Bertz CT molecular complexity index is 887. The average Bonchev–Trinajstić information content (AvgIpc) is 2.56. The number of benzene rings is 3. The van der Waals surface area contributed by atoms with E-state index in [1.165, 1.54) is 0 Å². The van der Waals surface area contributed by atoms with Crippen molar-refractivity contribution < 1.29 is 23.6 Å². The molecular formula is C19H17O5P. The van der Waals surface area contributed by atoms with Gasteiger partial charge in [0.2, 0.25) is 0 Å². The van der Waals surface area contributed by atoms with Gasteiger partial charge in [0.1, 0.15) is 17.2 Å². The molecule has 0 bridgehead atoms. The number of rotatable bonds is 5. The van der Waals surface area contributed by atoms with Gasteiger partial charge in [-0.15, -0.1) is 0 Å². The van der Waals surface area contributed by atoms with Crippen LogP contribution in [0.5, 0.6) is 17.2 Å². The van der Waals surface area contributed by atoms with Crippen LogP contribution in [0, 0.1) is 6.92 Å². The van der Waals surface area contributed by atoms with Gasteiger partial charge < -0.3 is 14.2 Å². The topological polar surface area (TPSA) is 76.0 Å². The molecule has 5 nitrogen and oxygen atoms in total. The van der Waals surface area contributed by atoms with E-state index in [2.05, 4.69) is 0 Å². The molecule has 1 unspecified atom stereocenters. The minimum atomic E-state index is -4.29. The molecule has 0 aliphatic carbocycles. The third-order valence-electron chi connectivity index (χ3n) is 3.58. The number of phosphoric acid groups is 1. The summed E-state index contributed by atoms with van der Waals surface area (Å²) in [4.78, 5) is 9.87. The molecule has 0 radical (unpaired) electrons. The Morgan fingerprint density at radius 2 is 1.40 bits per heavy atom. The lowest BCUT2D eigenvalue weighted by atomic mass is 9.99. The lowest BCUT2D eigenvalue weighted by Gasteiger charge is -2.14. The Morgan fingerprint density at radius 1 is 0.800 bits per heavy atom. The van der Waals surface area contributed by atoms with Gasteiger partial charge in [0, 0.05) is 5.56 Å². The van der Waals surface area contributed by atoms with E-state index in [9.17, 15) is 14.6 Å². The molecule has 0 saturated carbocycles. The van der Waals surface area contributed by atoms with E-state index in [1.807, 2.05) is 13.0 Å². The summed E-state index contributed by atoms with van der Waals surface area (Å²) >= 11 is 0. The largest absolute Gasteiger partial charge is 0.584 e. The van der Waals surface area contributed by atoms with Crippen molar-refractivity contribution >= 4 is 7.82 Å². The van der Waals surface area contributed by atoms with Gasteiger partial charge in [-0.1, -0.05) is 42.5 Å². The normalized spacial score (nSPS) is 13.0. The van der Waals surface area contributed by atoms with Crippen LogP contribution in [-0.2, 0) is 4.57 Å². The molecule has 128 valence electrons. The minimum absolute atomic E-state index is 0.175. The van der Waals surface area contributed by atoms with E-state index in [1.54, 1.807) is 66.7 Å². The minimum Gasteiger partial charge on any atom is -0.507 e. The van der Waals surface area contributed by atoms with Crippen molar-refractivity contribution in [2.45, 2.75) is 6.92 Å². The quantitative estimate of drug-likeness (QED) is 0.634. The van der Waals surface area contributed by atoms with E-state index in [-0.39, 0.29) is 17.2 Å². The van der Waals surface area contributed by atoms with Gasteiger partial charge in [-0.2, -0.15) is 0 Å². The number of para-hydroxylation sites is 1. The van der Waals surface area contributed by atoms with Gasteiger partial charge in [-0.25, -0.2) is 4.57 Å². The number of hydrogen-bond donors (Lipinski definition) is 2. The second kappa shape index (κ2) is 7.01. The monoisotopic (exact) mass is 356 g/mol. The van der Waals surface area contributed by atoms with Crippen molar-refractivity contribution in [1.29, 1.82) is 0 Å². The molecule has 3 rings (SSSR count). The lowest BCUT2D eigenvalue weighted by molar-refractivity contribution is 0.291. The fourth-order valence-corrected chi connectivity index (χ4v) is 3.29. The molecule has 0 saturated heterocycles. The number of phosphoric ester groups is 1. The third-order valence-corrected chi connectivity index (χ3v) is 4.46. The first-order valence-electron chi connectivity index (χ1n) is 7.61. The second-order valence-electron chi connectivity index (χ2n) is 5.46. The SMILES string of the molecule is Cc1cccc(O)c1-c1ccc(OP(=O)(O)Oc2ccccc2)cc1. The molecule has 0 heterocycles. The second-order valence-corrected chi connectivity index (χ2v) is 6.76. The van der Waals surface area contributed by atoms with E-state index in [0.717, 1.165) is 11.1 Å². The molecule has 0 aromatic heterocycles. The Hall–Kier alpha value is -2.75. The van der Waals surface area contributed by atoms with Crippen LogP contribution in [0.1, 0.15) is 5.56 Å². The first-order chi connectivity index (χ1) is 11.9. The van der Waals surface area contributed by atoms with Gasteiger partial charge in [0.15, 0.2) is 0 Å². The van der Waals surface area contributed by atoms with Crippen molar-refractivity contribution in [3.05, 3.63) is 78.4 Å². The molecule has 0 aliphatic heterocycles. The van der Waals surface area contributed by atoms with Crippen LogP contribution < -0.4 is 9.05 Å². The summed E-state index contributed by atoms with van der Waals surface area (Å²) in [5.74, 6) is 0.613. The zero-order valence-corrected chi connectivity index (χ0v) is 14.4. The van der Waals surface area contributed by atoms with Crippen molar-refractivity contribution in [3.8, 4) is 28.4 Å². The number of aryl methyl sites for hydroxylation is 1. The lowest BCUT2D eigenvalue weighted by Crippen LogP contribution is -1.99. The van der Waals surface area contributed by atoms with Crippen molar-refractivity contribution in [1.82, 2.24) is 0 Å². The highest BCUT2D eigenvalue weighted by atomic mass is 31.2. The first-order valence-corrected chi connectivity index (χ1v) is 9.10.